The highest BCUT2D eigenvalue weighted by molar-refractivity contribution is 6.30. The lowest BCUT2D eigenvalue weighted by atomic mass is 10.2. The van der Waals surface area contributed by atoms with Gasteiger partial charge in [-0.3, -0.25) is 9.59 Å². The zero-order chi connectivity index (χ0) is 12.3. The fourth-order valence-electron chi connectivity index (χ4n) is 1.65. The van der Waals surface area contributed by atoms with Crippen molar-refractivity contribution in [2.75, 3.05) is 26.2 Å². The highest BCUT2D eigenvalue weighted by atomic mass is 35.5. The van der Waals surface area contributed by atoms with E-state index in [2.05, 4.69) is 0 Å². The van der Waals surface area contributed by atoms with Gasteiger partial charge in [0.2, 0.25) is 11.8 Å². The van der Waals surface area contributed by atoms with E-state index in [0.29, 0.717) is 26.2 Å². The van der Waals surface area contributed by atoms with Crippen LogP contribution in [0.15, 0.2) is 0 Å². The molecule has 1 rings (SSSR count). The number of rotatable bonds is 2. The number of carbonyl (C=O) groups excluding carboxylic acids is 2. The molecule has 2 atom stereocenters. The molecular weight excluding hydrogens is 251 g/mol. The Bertz CT molecular complexity index is 246. The van der Waals surface area contributed by atoms with Crippen molar-refractivity contribution in [2.24, 2.45) is 0 Å². The first kappa shape index (κ1) is 13.6. The fourth-order valence-corrected chi connectivity index (χ4v) is 1.93. The standard InChI is InChI=1S/C10H16Cl2N2O2/c1-7(11)9(15)13-3-5-14(6-4-13)10(16)8(2)12/h7-8H,3-6H2,1-2H3/t7-,8-/m1/s1. The summed E-state index contributed by atoms with van der Waals surface area (Å²) in [4.78, 5) is 26.5. The average Bonchev–Trinajstić information content (AvgIpc) is 2.27. The van der Waals surface area contributed by atoms with E-state index in [9.17, 15) is 9.59 Å². The Labute approximate surface area is 105 Å². The molecule has 0 aliphatic carbocycles. The predicted octanol–water partition coefficient (Wildman–Crippen LogP) is 0.912. The number of hydrogen-bond donors (Lipinski definition) is 0. The van der Waals surface area contributed by atoms with E-state index >= 15 is 0 Å². The molecule has 1 heterocycles. The number of halogens is 2. The van der Waals surface area contributed by atoms with Crippen LogP contribution in [0.2, 0.25) is 0 Å². The van der Waals surface area contributed by atoms with Crippen LogP contribution in [0.3, 0.4) is 0 Å². The Morgan fingerprint density at radius 2 is 1.12 bits per heavy atom. The summed E-state index contributed by atoms with van der Waals surface area (Å²) in [5.41, 5.74) is 0. The molecule has 0 radical (unpaired) electrons. The first-order chi connectivity index (χ1) is 7.43. The quantitative estimate of drug-likeness (QED) is 0.698. The molecule has 0 N–H and O–H groups in total. The van der Waals surface area contributed by atoms with Gasteiger partial charge in [0, 0.05) is 26.2 Å². The Kier molecular flexibility index (Phi) is 4.87. The molecule has 1 fully saturated rings. The molecule has 6 heteroatoms. The lowest BCUT2D eigenvalue weighted by Gasteiger charge is -2.35. The van der Waals surface area contributed by atoms with Gasteiger partial charge in [0.05, 0.1) is 0 Å². The third-order valence-electron chi connectivity index (χ3n) is 2.58. The second-order valence-corrected chi connectivity index (χ2v) is 5.19. The fraction of sp³-hybridized carbons (Fsp3) is 0.800. The van der Waals surface area contributed by atoms with Crippen molar-refractivity contribution in [1.82, 2.24) is 9.80 Å². The molecule has 1 aliphatic rings. The van der Waals surface area contributed by atoms with Crippen molar-refractivity contribution in [3.8, 4) is 0 Å². The minimum absolute atomic E-state index is 0.0762. The summed E-state index contributed by atoms with van der Waals surface area (Å²) in [6.07, 6.45) is 0. The van der Waals surface area contributed by atoms with Gasteiger partial charge in [0.1, 0.15) is 10.8 Å². The molecule has 0 bridgehead atoms. The van der Waals surface area contributed by atoms with Crippen molar-refractivity contribution in [3.05, 3.63) is 0 Å². The summed E-state index contributed by atoms with van der Waals surface area (Å²) in [5.74, 6) is -0.152. The van der Waals surface area contributed by atoms with Gasteiger partial charge in [0.15, 0.2) is 0 Å². The van der Waals surface area contributed by atoms with E-state index in [0.717, 1.165) is 0 Å². The number of hydrogen-bond acceptors (Lipinski definition) is 2. The van der Waals surface area contributed by atoms with Gasteiger partial charge in [0.25, 0.3) is 0 Å². The van der Waals surface area contributed by atoms with Gasteiger partial charge in [-0.15, -0.1) is 23.2 Å². The minimum Gasteiger partial charge on any atom is -0.338 e. The van der Waals surface area contributed by atoms with E-state index in [1.807, 2.05) is 0 Å². The molecule has 2 amide bonds. The zero-order valence-electron chi connectivity index (χ0n) is 9.45. The van der Waals surface area contributed by atoms with Crippen molar-refractivity contribution in [2.45, 2.75) is 24.6 Å². The normalized spacial score (nSPS) is 20.5. The van der Waals surface area contributed by atoms with Crippen LogP contribution in [0.4, 0.5) is 0 Å². The monoisotopic (exact) mass is 266 g/mol. The molecule has 16 heavy (non-hydrogen) atoms. The number of piperazine rings is 1. The first-order valence-corrected chi connectivity index (χ1v) is 6.16. The predicted molar refractivity (Wildman–Crippen MR) is 63.8 cm³/mol. The summed E-state index contributed by atoms with van der Waals surface area (Å²) < 4.78 is 0. The smallest absolute Gasteiger partial charge is 0.240 e. The van der Waals surface area contributed by atoms with E-state index < -0.39 is 10.8 Å². The Morgan fingerprint density at radius 1 is 0.875 bits per heavy atom. The molecule has 0 spiro atoms. The number of amides is 2. The van der Waals surface area contributed by atoms with Gasteiger partial charge in [-0.25, -0.2) is 0 Å². The van der Waals surface area contributed by atoms with E-state index in [1.165, 1.54) is 0 Å². The lowest BCUT2D eigenvalue weighted by molar-refractivity contribution is -0.138. The summed E-state index contributed by atoms with van der Waals surface area (Å²) >= 11 is 11.4. The second-order valence-electron chi connectivity index (χ2n) is 3.88. The van der Waals surface area contributed by atoms with Gasteiger partial charge in [-0.1, -0.05) is 0 Å². The highest BCUT2D eigenvalue weighted by Crippen LogP contribution is 2.09. The van der Waals surface area contributed by atoms with Gasteiger partial charge in [-0.05, 0) is 13.8 Å². The maximum atomic E-state index is 11.6. The SMILES string of the molecule is C[C@@H](Cl)C(=O)N1CCN(C(=O)[C@@H](C)Cl)CC1. The molecule has 92 valence electrons. The molecule has 0 aromatic heterocycles. The van der Waals surface area contributed by atoms with Crippen LogP contribution < -0.4 is 0 Å². The summed E-state index contributed by atoms with van der Waals surface area (Å²) in [6.45, 7) is 5.44. The second kappa shape index (κ2) is 5.73. The van der Waals surface area contributed by atoms with Crippen LogP contribution in [0.25, 0.3) is 0 Å². The number of alkyl halides is 2. The van der Waals surface area contributed by atoms with Crippen LogP contribution in [-0.2, 0) is 9.59 Å². The van der Waals surface area contributed by atoms with Crippen molar-refractivity contribution in [1.29, 1.82) is 0 Å². The van der Waals surface area contributed by atoms with Crippen LogP contribution >= 0.6 is 23.2 Å². The molecule has 1 saturated heterocycles. The molecule has 0 saturated carbocycles. The maximum Gasteiger partial charge on any atom is 0.240 e. The van der Waals surface area contributed by atoms with Gasteiger partial charge in [-0.2, -0.15) is 0 Å². The number of nitrogens with zero attached hydrogens (tertiary/aromatic N) is 2. The Hall–Kier alpha value is -0.480. The first-order valence-electron chi connectivity index (χ1n) is 5.29. The molecule has 0 unspecified atom stereocenters. The Balaban J connectivity index is 2.45. The topological polar surface area (TPSA) is 40.6 Å². The summed E-state index contributed by atoms with van der Waals surface area (Å²) in [7, 11) is 0. The molecule has 4 nitrogen and oxygen atoms in total. The molecule has 0 aromatic rings. The highest BCUT2D eigenvalue weighted by Gasteiger charge is 2.27. The zero-order valence-corrected chi connectivity index (χ0v) is 11.0. The van der Waals surface area contributed by atoms with Crippen molar-refractivity contribution in [3.63, 3.8) is 0 Å². The average molecular weight is 267 g/mol. The lowest BCUT2D eigenvalue weighted by Crippen LogP contribution is -2.53. The van der Waals surface area contributed by atoms with E-state index in [1.54, 1.807) is 23.6 Å². The summed E-state index contributed by atoms with van der Waals surface area (Å²) in [6, 6.07) is 0. The Morgan fingerprint density at radius 3 is 1.31 bits per heavy atom. The van der Waals surface area contributed by atoms with Gasteiger partial charge >= 0.3 is 0 Å². The van der Waals surface area contributed by atoms with E-state index in [4.69, 9.17) is 23.2 Å². The van der Waals surface area contributed by atoms with Crippen LogP contribution in [0, 0.1) is 0 Å². The van der Waals surface area contributed by atoms with Crippen LogP contribution in [0.5, 0.6) is 0 Å². The maximum absolute atomic E-state index is 11.6. The molecule has 1 aliphatic heterocycles. The van der Waals surface area contributed by atoms with Gasteiger partial charge < -0.3 is 9.80 Å². The van der Waals surface area contributed by atoms with E-state index in [-0.39, 0.29) is 11.8 Å². The largest absolute Gasteiger partial charge is 0.338 e. The minimum atomic E-state index is -0.505. The molecular formula is C10H16Cl2N2O2. The van der Waals surface area contributed by atoms with Crippen LogP contribution in [-0.4, -0.2) is 58.5 Å². The third-order valence-corrected chi connectivity index (χ3v) is 2.96. The number of carbonyl (C=O) groups is 2. The van der Waals surface area contributed by atoms with Crippen molar-refractivity contribution >= 4 is 35.0 Å². The van der Waals surface area contributed by atoms with Crippen molar-refractivity contribution < 1.29 is 9.59 Å². The van der Waals surface area contributed by atoms with Crippen LogP contribution in [0.1, 0.15) is 13.8 Å². The third kappa shape index (κ3) is 3.25. The summed E-state index contributed by atoms with van der Waals surface area (Å²) in [5, 5.41) is -1.01. The molecule has 0 aromatic carbocycles.